The number of rotatable bonds is 6. The molecule has 1 unspecified atom stereocenters. The van der Waals surface area contributed by atoms with Gasteiger partial charge in [0.15, 0.2) is 0 Å². The number of hydrogen-bond donors (Lipinski definition) is 1. The number of halogens is 1. The van der Waals surface area contributed by atoms with E-state index in [1.54, 1.807) is 0 Å². The smallest absolute Gasteiger partial charge is 0.122 e. The Morgan fingerprint density at radius 3 is 2.75 bits per heavy atom. The van der Waals surface area contributed by atoms with E-state index < -0.39 is 0 Å². The summed E-state index contributed by atoms with van der Waals surface area (Å²) in [6.45, 7) is 6.24. The van der Waals surface area contributed by atoms with Crippen LogP contribution in [0, 0.1) is 0 Å². The van der Waals surface area contributed by atoms with Crippen LogP contribution in [0.4, 0.5) is 0 Å². The first-order chi connectivity index (χ1) is 9.65. The van der Waals surface area contributed by atoms with Gasteiger partial charge >= 0.3 is 0 Å². The highest BCUT2D eigenvalue weighted by Crippen LogP contribution is 2.24. The third kappa shape index (κ3) is 5.08. The lowest BCUT2D eigenvalue weighted by molar-refractivity contribution is 0.182. The summed E-state index contributed by atoms with van der Waals surface area (Å²) < 4.78 is 7.06. The fraction of sp³-hybridized carbons (Fsp3) is 0.625. The van der Waals surface area contributed by atoms with Crippen molar-refractivity contribution in [2.45, 2.75) is 38.6 Å². The van der Waals surface area contributed by atoms with Crippen molar-refractivity contribution >= 4 is 15.9 Å². The predicted molar refractivity (Wildman–Crippen MR) is 87.3 cm³/mol. The van der Waals surface area contributed by atoms with Crippen LogP contribution in [0.25, 0.3) is 0 Å². The molecular formula is C16H25BrN2O. The van der Waals surface area contributed by atoms with Crippen LogP contribution in [-0.4, -0.2) is 37.2 Å². The molecule has 0 saturated carbocycles. The molecule has 0 amide bonds. The fourth-order valence-electron chi connectivity index (χ4n) is 2.66. The van der Waals surface area contributed by atoms with E-state index in [4.69, 9.17) is 10.5 Å². The van der Waals surface area contributed by atoms with E-state index in [0.29, 0.717) is 0 Å². The Labute approximate surface area is 130 Å². The van der Waals surface area contributed by atoms with Gasteiger partial charge in [0.1, 0.15) is 12.4 Å². The van der Waals surface area contributed by atoms with Gasteiger partial charge in [-0.3, -0.25) is 4.90 Å². The number of ether oxygens (including phenoxy) is 1. The number of nitrogens with two attached hydrogens (primary N) is 1. The quantitative estimate of drug-likeness (QED) is 0.864. The van der Waals surface area contributed by atoms with Crippen LogP contribution in [-0.2, 0) is 6.42 Å². The molecule has 1 aliphatic heterocycles. The topological polar surface area (TPSA) is 38.5 Å². The number of nitrogens with zero attached hydrogens (tertiary/aromatic N) is 1. The molecule has 1 atom stereocenters. The summed E-state index contributed by atoms with van der Waals surface area (Å²) in [6.07, 6.45) is 4.88. The van der Waals surface area contributed by atoms with Gasteiger partial charge in [-0.05, 0) is 63.0 Å². The molecular weight excluding hydrogens is 316 g/mol. The van der Waals surface area contributed by atoms with Crippen molar-refractivity contribution in [1.82, 2.24) is 4.90 Å². The van der Waals surface area contributed by atoms with E-state index in [1.807, 2.05) is 19.1 Å². The Balaban J connectivity index is 1.87. The minimum Gasteiger partial charge on any atom is -0.492 e. The highest BCUT2D eigenvalue weighted by molar-refractivity contribution is 9.10. The molecule has 0 aliphatic carbocycles. The van der Waals surface area contributed by atoms with Crippen molar-refractivity contribution in [2.75, 3.05) is 26.2 Å². The van der Waals surface area contributed by atoms with E-state index in [2.05, 4.69) is 26.9 Å². The minimum atomic E-state index is 0.147. The van der Waals surface area contributed by atoms with Gasteiger partial charge in [0, 0.05) is 17.1 Å². The maximum Gasteiger partial charge on any atom is 0.122 e. The molecule has 2 N–H and O–H groups in total. The largest absolute Gasteiger partial charge is 0.492 e. The summed E-state index contributed by atoms with van der Waals surface area (Å²) in [7, 11) is 0. The SMILES string of the molecule is CC(N)Cc1cc(Br)ccc1OCCN1CCCCC1. The number of piperidine rings is 1. The number of benzene rings is 1. The second-order valence-electron chi connectivity index (χ2n) is 5.68. The molecule has 0 bridgehead atoms. The van der Waals surface area contributed by atoms with Crippen molar-refractivity contribution in [1.29, 1.82) is 0 Å². The van der Waals surface area contributed by atoms with Crippen LogP contribution in [0.2, 0.25) is 0 Å². The summed E-state index contributed by atoms with van der Waals surface area (Å²) in [5.74, 6) is 0.975. The molecule has 0 spiro atoms. The molecule has 0 radical (unpaired) electrons. The molecule has 112 valence electrons. The molecule has 1 heterocycles. The standard InChI is InChI=1S/C16H25BrN2O/c1-13(18)11-14-12-15(17)5-6-16(14)20-10-9-19-7-3-2-4-8-19/h5-6,12-13H,2-4,7-11,18H2,1H3. The van der Waals surface area contributed by atoms with E-state index in [-0.39, 0.29) is 6.04 Å². The molecule has 3 nitrogen and oxygen atoms in total. The fourth-order valence-corrected chi connectivity index (χ4v) is 3.07. The first-order valence-electron chi connectivity index (χ1n) is 7.54. The zero-order chi connectivity index (χ0) is 14.4. The van der Waals surface area contributed by atoms with Crippen LogP contribution < -0.4 is 10.5 Å². The third-order valence-corrected chi connectivity index (χ3v) is 4.17. The summed E-state index contributed by atoms with van der Waals surface area (Å²) in [5, 5.41) is 0. The molecule has 1 fully saturated rings. The molecule has 20 heavy (non-hydrogen) atoms. The maximum atomic E-state index is 5.98. The van der Waals surface area contributed by atoms with Crippen LogP contribution in [0.15, 0.2) is 22.7 Å². The molecule has 1 aromatic carbocycles. The van der Waals surface area contributed by atoms with Crippen molar-refractivity contribution in [3.63, 3.8) is 0 Å². The Morgan fingerprint density at radius 2 is 2.05 bits per heavy atom. The Hall–Kier alpha value is -0.580. The molecule has 4 heteroatoms. The van der Waals surface area contributed by atoms with Crippen LogP contribution in [0.3, 0.4) is 0 Å². The second-order valence-corrected chi connectivity index (χ2v) is 6.60. The molecule has 1 aliphatic rings. The Kier molecular flexibility index (Phi) is 6.33. The first-order valence-corrected chi connectivity index (χ1v) is 8.33. The van der Waals surface area contributed by atoms with Gasteiger partial charge in [-0.1, -0.05) is 22.4 Å². The van der Waals surface area contributed by atoms with Crippen molar-refractivity contribution in [3.8, 4) is 5.75 Å². The summed E-state index contributed by atoms with van der Waals surface area (Å²) >= 11 is 3.51. The van der Waals surface area contributed by atoms with E-state index >= 15 is 0 Å². The van der Waals surface area contributed by atoms with Crippen molar-refractivity contribution < 1.29 is 4.74 Å². The second kappa shape index (κ2) is 8.01. The lowest BCUT2D eigenvalue weighted by Gasteiger charge is -2.26. The van der Waals surface area contributed by atoms with Crippen LogP contribution in [0.5, 0.6) is 5.75 Å². The first kappa shape index (κ1) is 15.8. The van der Waals surface area contributed by atoms with Crippen molar-refractivity contribution in [3.05, 3.63) is 28.2 Å². The monoisotopic (exact) mass is 340 g/mol. The van der Waals surface area contributed by atoms with Crippen LogP contribution in [0.1, 0.15) is 31.7 Å². The van der Waals surface area contributed by atoms with E-state index in [9.17, 15) is 0 Å². The highest BCUT2D eigenvalue weighted by Gasteiger charge is 2.11. The lowest BCUT2D eigenvalue weighted by Crippen LogP contribution is -2.33. The molecule has 1 aromatic rings. The summed E-state index contributed by atoms with van der Waals surface area (Å²) in [6, 6.07) is 6.33. The van der Waals surface area contributed by atoms with Crippen molar-refractivity contribution in [2.24, 2.45) is 5.73 Å². The number of likely N-dealkylation sites (tertiary alicyclic amines) is 1. The summed E-state index contributed by atoms with van der Waals surface area (Å²) in [5.41, 5.74) is 7.10. The Bertz CT molecular complexity index is 417. The highest BCUT2D eigenvalue weighted by atomic mass is 79.9. The van der Waals surface area contributed by atoms with Crippen LogP contribution >= 0.6 is 15.9 Å². The van der Waals surface area contributed by atoms with Gasteiger partial charge < -0.3 is 10.5 Å². The van der Waals surface area contributed by atoms with Gasteiger partial charge in [0.05, 0.1) is 0 Å². The zero-order valence-corrected chi connectivity index (χ0v) is 13.9. The zero-order valence-electron chi connectivity index (χ0n) is 12.3. The van der Waals surface area contributed by atoms with Gasteiger partial charge in [-0.15, -0.1) is 0 Å². The summed E-state index contributed by atoms with van der Waals surface area (Å²) in [4.78, 5) is 2.49. The average molecular weight is 341 g/mol. The normalized spacial score (nSPS) is 17.9. The van der Waals surface area contributed by atoms with E-state index in [0.717, 1.165) is 29.8 Å². The molecule has 1 saturated heterocycles. The number of hydrogen-bond acceptors (Lipinski definition) is 3. The van der Waals surface area contributed by atoms with Gasteiger partial charge in [-0.25, -0.2) is 0 Å². The average Bonchev–Trinajstić information content (AvgIpc) is 2.42. The lowest BCUT2D eigenvalue weighted by atomic mass is 10.1. The van der Waals surface area contributed by atoms with Gasteiger partial charge in [0.25, 0.3) is 0 Å². The molecule has 0 aromatic heterocycles. The molecule has 2 rings (SSSR count). The Morgan fingerprint density at radius 1 is 1.30 bits per heavy atom. The van der Waals surface area contributed by atoms with Gasteiger partial charge in [0.2, 0.25) is 0 Å². The van der Waals surface area contributed by atoms with Gasteiger partial charge in [-0.2, -0.15) is 0 Å². The minimum absolute atomic E-state index is 0.147. The van der Waals surface area contributed by atoms with E-state index in [1.165, 1.54) is 37.9 Å². The maximum absolute atomic E-state index is 5.98. The third-order valence-electron chi connectivity index (χ3n) is 3.68. The predicted octanol–water partition coefficient (Wildman–Crippen LogP) is 3.20.